The molecular weight excluding hydrogens is 370 g/mol. The topological polar surface area (TPSA) is 53.7 Å². The SMILES string of the molecule is Cc1cccc(N2CCN(C(=O)c3sc4nnc(C(C)C)n4c3C)CC2)c1C. The molecular formula is C21H27N5OS. The van der Waals surface area contributed by atoms with Crippen molar-refractivity contribution in [2.45, 2.75) is 40.5 Å². The molecule has 148 valence electrons. The Labute approximate surface area is 169 Å². The van der Waals surface area contributed by atoms with Gasteiger partial charge in [-0.3, -0.25) is 9.20 Å². The highest BCUT2D eigenvalue weighted by molar-refractivity contribution is 7.19. The zero-order valence-corrected chi connectivity index (χ0v) is 18.0. The third kappa shape index (κ3) is 3.07. The first-order chi connectivity index (χ1) is 13.4. The molecule has 28 heavy (non-hydrogen) atoms. The third-order valence-corrected chi connectivity index (χ3v) is 6.83. The number of anilines is 1. The van der Waals surface area contributed by atoms with Crippen LogP contribution in [0.2, 0.25) is 0 Å². The maximum Gasteiger partial charge on any atom is 0.265 e. The summed E-state index contributed by atoms with van der Waals surface area (Å²) >= 11 is 1.45. The molecule has 0 unspecified atom stereocenters. The number of carbonyl (C=O) groups excluding carboxylic acids is 1. The number of benzene rings is 1. The van der Waals surface area contributed by atoms with Crippen LogP contribution in [0.5, 0.6) is 0 Å². The van der Waals surface area contributed by atoms with E-state index in [1.807, 2.05) is 16.2 Å². The second kappa shape index (κ2) is 7.20. The summed E-state index contributed by atoms with van der Waals surface area (Å²) in [5.74, 6) is 1.30. The van der Waals surface area contributed by atoms with Gasteiger partial charge in [0.15, 0.2) is 0 Å². The van der Waals surface area contributed by atoms with Gasteiger partial charge in [0.1, 0.15) is 10.7 Å². The molecule has 0 N–H and O–H groups in total. The smallest absolute Gasteiger partial charge is 0.265 e. The van der Waals surface area contributed by atoms with Gasteiger partial charge in [-0.15, -0.1) is 10.2 Å². The average Bonchev–Trinajstić information content (AvgIpc) is 3.24. The zero-order chi connectivity index (χ0) is 20.0. The van der Waals surface area contributed by atoms with Crippen molar-refractivity contribution in [1.82, 2.24) is 19.5 Å². The first-order valence-electron chi connectivity index (χ1n) is 9.83. The van der Waals surface area contributed by atoms with Crippen molar-refractivity contribution in [3.8, 4) is 0 Å². The molecule has 1 aliphatic heterocycles. The Bertz CT molecular complexity index is 1030. The Morgan fingerprint density at radius 1 is 1.07 bits per heavy atom. The summed E-state index contributed by atoms with van der Waals surface area (Å²) in [6.45, 7) is 13.7. The van der Waals surface area contributed by atoms with Crippen molar-refractivity contribution >= 4 is 27.9 Å². The van der Waals surface area contributed by atoms with E-state index in [9.17, 15) is 4.79 Å². The lowest BCUT2D eigenvalue weighted by Gasteiger charge is -2.37. The van der Waals surface area contributed by atoms with E-state index in [0.29, 0.717) is 0 Å². The van der Waals surface area contributed by atoms with Crippen molar-refractivity contribution in [3.05, 3.63) is 45.7 Å². The minimum Gasteiger partial charge on any atom is -0.368 e. The van der Waals surface area contributed by atoms with Crippen LogP contribution in [0.25, 0.3) is 4.96 Å². The highest BCUT2D eigenvalue weighted by atomic mass is 32.1. The van der Waals surface area contributed by atoms with Crippen molar-refractivity contribution in [1.29, 1.82) is 0 Å². The summed E-state index contributed by atoms with van der Waals surface area (Å²) in [5, 5.41) is 8.55. The van der Waals surface area contributed by atoms with Crippen LogP contribution in [0, 0.1) is 20.8 Å². The van der Waals surface area contributed by atoms with Gasteiger partial charge in [0, 0.05) is 43.5 Å². The molecule has 0 atom stereocenters. The maximum atomic E-state index is 13.2. The molecule has 1 amide bonds. The Morgan fingerprint density at radius 2 is 1.79 bits per heavy atom. The van der Waals surface area contributed by atoms with E-state index in [-0.39, 0.29) is 11.8 Å². The molecule has 4 rings (SSSR count). The lowest BCUT2D eigenvalue weighted by Crippen LogP contribution is -2.49. The van der Waals surface area contributed by atoms with Crippen molar-refractivity contribution in [3.63, 3.8) is 0 Å². The van der Waals surface area contributed by atoms with Gasteiger partial charge in [0.25, 0.3) is 5.91 Å². The number of carbonyl (C=O) groups is 1. The Morgan fingerprint density at radius 3 is 2.46 bits per heavy atom. The van der Waals surface area contributed by atoms with Crippen LogP contribution in [0.4, 0.5) is 5.69 Å². The van der Waals surface area contributed by atoms with E-state index in [4.69, 9.17) is 0 Å². The van der Waals surface area contributed by atoms with E-state index in [1.165, 1.54) is 28.2 Å². The van der Waals surface area contributed by atoms with Gasteiger partial charge >= 0.3 is 0 Å². The van der Waals surface area contributed by atoms with Crippen LogP contribution in [-0.4, -0.2) is 51.6 Å². The molecule has 6 nitrogen and oxygen atoms in total. The lowest BCUT2D eigenvalue weighted by molar-refractivity contribution is 0.0750. The van der Waals surface area contributed by atoms with Crippen LogP contribution >= 0.6 is 11.3 Å². The number of hydrogen-bond donors (Lipinski definition) is 0. The maximum absolute atomic E-state index is 13.2. The Balaban J connectivity index is 1.52. The van der Waals surface area contributed by atoms with E-state index in [2.05, 4.69) is 61.0 Å². The van der Waals surface area contributed by atoms with Gasteiger partial charge in [-0.25, -0.2) is 0 Å². The van der Waals surface area contributed by atoms with Crippen molar-refractivity contribution in [2.24, 2.45) is 0 Å². The van der Waals surface area contributed by atoms with Crippen LogP contribution in [-0.2, 0) is 0 Å². The van der Waals surface area contributed by atoms with Crippen LogP contribution in [0.3, 0.4) is 0 Å². The molecule has 1 aliphatic rings. The Hall–Kier alpha value is -2.41. The highest BCUT2D eigenvalue weighted by Crippen LogP contribution is 2.28. The molecule has 7 heteroatoms. The summed E-state index contributed by atoms with van der Waals surface area (Å²) < 4.78 is 2.04. The summed E-state index contributed by atoms with van der Waals surface area (Å²) in [6, 6.07) is 6.44. The highest BCUT2D eigenvalue weighted by Gasteiger charge is 2.27. The fourth-order valence-corrected chi connectivity index (χ4v) is 4.92. The fraction of sp³-hybridized carbons (Fsp3) is 0.476. The second-order valence-corrected chi connectivity index (χ2v) is 8.82. The number of fused-ring (bicyclic) bond motifs is 1. The summed E-state index contributed by atoms with van der Waals surface area (Å²) in [4.78, 5) is 19.1. The molecule has 0 bridgehead atoms. The largest absolute Gasteiger partial charge is 0.368 e. The number of nitrogens with zero attached hydrogens (tertiary/aromatic N) is 5. The van der Waals surface area contributed by atoms with E-state index >= 15 is 0 Å². The molecule has 0 saturated carbocycles. The van der Waals surface area contributed by atoms with E-state index in [1.54, 1.807) is 0 Å². The molecule has 1 saturated heterocycles. The number of hydrogen-bond acceptors (Lipinski definition) is 5. The van der Waals surface area contributed by atoms with E-state index < -0.39 is 0 Å². The second-order valence-electron chi connectivity index (χ2n) is 7.85. The van der Waals surface area contributed by atoms with Gasteiger partial charge in [-0.1, -0.05) is 37.3 Å². The van der Waals surface area contributed by atoms with Crippen LogP contribution in [0.1, 0.15) is 52.1 Å². The van der Waals surface area contributed by atoms with Crippen LogP contribution < -0.4 is 4.90 Å². The molecule has 0 radical (unpaired) electrons. The Kier molecular flexibility index (Phi) is 4.87. The molecule has 3 heterocycles. The number of piperazine rings is 1. The number of rotatable bonds is 3. The average molecular weight is 398 g/mol. The monoisotopic (exact) mass is 397 g/mol. The number of aromatic nitrogens is 3. The van der Waals surface area contributed by atoms with Crippen LogP contribution in [0.15, 0.2) is 18.2 Å². The molecule has 1 aromatic carbocycles. The molecule has 3 aromatic rings. The quantitative estimate of drug-likeness (QED) is 0.675. The third-order valence-electron chi connectivity index (χ3n) is 5.71. The summed E-state index contributed by atoms with van der Waals surface area (Å²) in [6.07, 6.45) is 0. The van der Waals surface area contributed by atoms with Gasteiger partial charge in [-0.05, 0) is 38.0 Å². The van der Waals surface area contributed by atoms with Gasteiger partial charge in [0.05, 0.1) is 0 Å². The summed E-state index contributed by atoms with van der Waals surface area (Å²) in [7, 11) is 0. The fourth-order valence-electron chi connectivity index (χ4n) is 3.87. The van der Waals surface area contributed by atoms with Gasteiger partial charge < -0.3 is 9.80 Å². The predicted octanol–water partition coefficient (Wildman–Crippen LogP) is 3.80. The van der Waals surface area contributed by atoms with Crippen molar-refractivity contribution < 1.29 is 4.79 Å². The molecule has 2 aromatic heterocycles. The zero-order valence-electron chi connectivity index (χ0n) is 17.2. The minimum absolute atomic E-state index is 0.114. The number of amides is 1. The minimum atomic E-state index is 0.114. The predicted molar refractivity (Wildman–Crippen MR) is 114 cm³/mol. The standard InChI is InChI=1S/C21H27N5OS/c1-13(2)19-22-23-21-26(19)16(5)18(28-21)20(27)25-11-9-24(10-12-25)17-8-6-7-14(3)15(17)4/h6-8,13H,9-12H2,1-5H3. The lowest BCUT2D eigenvalue weighted by atomic mass is 10.1. The molecule has 0 aliphatic carbocycles. The summed E-state index contributed by atoms with van der Waals surface area (Å²) in [5.41, 5.74) is 4.87. The molecule has 0 spiro atoms. The van der Waals surface area contributed by atoms with Crippen molar-refractivity contribution in [2.75, 3.05) is 31.1 Å². The first kappa shape index (κ1) is 18.9. The number of thiazole rings is 1. The first-order valence-corrected chi connectivity index (χ1v) is 10.6. The van der Waals surface area contributed by atoms with Gasteiger partial charge in [-0.2, -0.15) is 0 Å². The normalized spacial score (nSPS) is 15.1. The molecule has 1 fully saturated rings. The number of aryl methyl sites for hydroxylation is 2. The van der Waals surface area contributed by atoms with Gasteiger partial charge in [0.2, 0.25) is 4.96 Å². The van der Waals surface area contributed by atoms with E-state index in [0.717, 1.165) is 47.5 Å².